The summed E-state index contributed by atoms with van der Waals surface area (Å²) in [7, 11) is 35.5. The van der Waals surface area contributed by atoms with Crippen molar-refractivity contribution in [3.63, 3.8) is 0 Å². The molecule has 0 aliphatic carbocycles. The van der Waals surface area contributed by atoms with Crippen LogP contribution in [0.1, 0.15) is 27.0 Å². The van der Waals surface area contributed by atoms with Crippen LogP contribution in [0.15, 0.2) is 42.5 Å². The van der Waals surface area contributed by atoms with Crippen molar-refractivity contribution in [2.24, 2.45) is 0 Å². The molecule has 2 heterocycles. The van der Waals surface area contributed by atoms with E-state index in [2.05, 4.69) is 0 Å². The van der Waals surface area contributed by atoms with Gasteiger partial charge in [-0.15, -0.1) is 0 Å². The average molecular weight is 521 g/mol. The Kier molecular flexibility index (Phi) is 6.70. The van der Waals surface area contributed by atoms with E-state index in [4.69, 9.17) is 58.8 Å². The number of nitrogens with one attached hydrogen (secondary N) is 1. The summed E-state index contributed by atoms with van der Waals surface area (Å²) in [5, 5.41) is -3.05. The second-order valence-corrected chi connectivity index (χ2v) is 9.62. The van der Waals surface area contributed by atoms with Crippen LogP contribution in [0.25, 0.3) is 0 Å². The quantitative estimate of drug-likeness (QED) is 0.442. The lowest BCUT2D eigenvalue weighted by molar-refractivity contribution is -0.154. The number of alkyl halides is 2. The van der Waals surface area contributed by atoms with Crippen LogP contribution in [0, 0.1) is 0 Å². The molecule has 0 spiro atoms. The number of halogens is 3. The Morgan fingerprint density at radius 1 is 1.03 bits per heavy atom. The maximum atomic E-state index is 14.7. The van der Waals surface area contributed by atoms with Crippen molar-refractivity contribution in [1.29, 1.82) is 0 Å². The highest BCUT2D eigenvalue weighted by Crippen LogP contribution is 2.55. The highest BCUT2D eigenvalue weighted by molar-refractivity contribution is 6.66. The van der Waals surface area contributed by atoms with Crippen LogP contribution in [0.4, 0.5) is 8.78 Å². The molecule has 0 aromatic heterocycles. The summed E-state index contributed by atoms with van der Waals surface area (Å²) in [6.07, 6.45) is 0. The van der Waals surface area contributed by atoms with E-state index in [0.29, 0.717) is 4.81 Å². The van der Waals surface area contributed by atoms with Crippen LogP contribution in [0.2, 0.25) is 15.5 Å². The normalized spacial score (nSPS) is 22.1. The topological polar surface area (TPSA) is 86.8 Å². The molecule has 0 bridgehead atoms. The third kappa shape index (κ3) is 4.01. The lowest BCUT2D eigenvalue weighted by Gasteiger charge is -2.60. The molecule has 178 valence electrons. The monoisotopic (exact) mass is 521 g/mol. The van der Waals surface area contributed by atoms with Crippen molar-refractivity contribution in [1.82, 2.24) is 15.0 Å². The van der Waals surface area contributed by atoms with Crippen molar-refractivity contribution < 1.29 is 28.0 Å². The molecule has 38 heavy (non-hydrogen) atoms. The summed E-state index contributed by atoms with van der Waals surface area (Å²) in [4.78, 5) is 51.6. The van der Waals surface area contributed by atoms with Gasteiger partial charge in [-0.05, 0) is 34.5 Å². The van der Waals surface area contributed by atoms with Crippen molar-refractivity contribution in [2.75, 3.05) is 0 Å². The minimum atomic E-state index is -3.94. The van der Waals surface area contributed by atoms with Crippen LogP contribution in [0.5, 0.6) is 0 Å². The lowest BCUT2D eigenvalue weighted by atomic mass is 9.21. The maximum Gasteiger partial charge on any atom is 0.348 e. The van der Waals surface area contributed by atoms with Gasteiger partial charge in [-0.1, -0.05) is 41.1 Å². The van der Waals surface area contributed by atoms with Gasteiger partial charge in [0.1, 0.15) is 7.85 Å². The number of piperidine rings is 1. The van der Waals surface area contributed by atoms with E-state index in [9.17, 15) is 28.0 Å². The SMILES string of the molecule is [B]N(Cc1ccc2c(c1)CN([C@]1([B])C(=O)NC(=O)C([B])([B])C1([B])[B])C2=O)C(=O)C(F)(F)c1ccc(Cl)cc1. The highest BCUT2D eigenvalue weighted by atomic mass is 35.5. The molecule has 1 N–H and O–H groups in total. The molecule has 1 fully saturated rings. The molecule has 16 heteroatoms. The zero-order valence-electron chi connectivity index (χ0n) is 19.6. The zero-order valence-corrected chi connectivity index (χ0v) is 20.3. The summed E-state index contributed by atoms with van der Waals surface area (Å²) in [5.41, 5.74) is -2.54. The van der Waals surface area contributed by atoms with Gasteiger partial charge in [-0.2, -0.15) is 8.78 Å². The Hall–Kier alpha value is -2.94. The third-order valence-corrected chi connectivity index (χ3v) is 7.00. The highest BCUT2D eigenvalue weighted by Gasteiger charge is 2.63. The van der Waals surface area contributed by atoms with Crippen molar-refractivity contribution in [3.05, 3.63) is 69.7 Å². The molecule has 2 aliphatic rings. The first kappa shape index (κ1) is 28.1. The molecule has 0 saturated carbocycles. The predicted octanol–water partition coefficient (Wildman–Crippen LogP) is -0.0725. The second-order valence-electron chi connectivity index (χ2n) is 9.18. The molecule has 0 unspecified atom stereocenters. The van der Waals surface area contributed by atoms with Gasteiger partial charge in [0.05, 0.1) is 36.8 Å². The fraction of sp³-hybridized carbons (Fsp3) is 0.273. The van der Waals surface area contributed by atoms with Gasteiger partial charge in [0, 0.05) is 29.2 Å². The van der Waals surface area contributed by atoms with E-state index >= 15 is 0 Å². The van der Waals surface area contributed by atoms with E-state index in [1.165, 1.54) is 30.3 Å². The Labute approximate surface area is 229 Å². The number of amides is 4. The Morgan fingerprint density at radius 3 is 2.24 bits per heavy atom. The van der Waals surface area contributed by atoms with Gasteiger partial charge in [0.2, 0.25) is 19.8 Å². The van der Waals surface area contributed by atoms with Crippen LogP contribution >= 0.6 is 11.6 Å². The molecule has 2 aromatic rings. The standard InChI is InChI=1S/C22H12B6ClF2N3O4/c23-20(24)16(36)32-17(37)21(25,22(20,26)27)33-9-11-7-10(1-6-14(11)15(33)35)8-34(28)18(38)19(30,31)12-2-4-13(29)5-3-12/h1-7H,8-9H2,(H,32,36,37)/t21-/m1/s1. The van der Waals surface area contributed by atoms with E-state index in [1.54, 1.807) is 0 Å². The van der Waals surface area contributed by atoms with Crippen LogP contribution in [-0.2, 0) is 33.4 Å². The predicted molar refractivity (Wildman–Crippen MR) is 138 cm³/mol. The van der Waals surface area contributed by atoms with Gasteiger partial charge >= 0.3 is 5.92 Å². The number of hydrogen-bond donors (Lipinski definition) is 1. The molecule has 1 atom stereocenters. The van der Waals surface area contributed by atoms with E-state index < -0.39 is 57.5 Å². The summed E-state index contributed by atoms with van der Waals surface area (Å²) in [5.74, 6) is -8.81. The van der Waals surface area contributed by atoms with Crippen LogP contribution < -0.4 is 5.32 Å². The number of benzene rings is 2. The van der Waals surface area contributed by atoms with Crippen molar-refractivity contribution in [3.8, 4) is 0 Å². The fourth-order valence-corrected chi connectivity index (χ4v) is 4.45. The number of nitrogens with zero attached hydrogens (tertiary/aromatic N) is 2. The number of imide groups is 1. The Bertz CT molecular complexity index is 1380. The molecule has 12 radical (unpaired) electrons. The zero-order chi connectivity index (χ0) is 28.4. The van der Waals surface area contributed by atoms with Crippen molar-refractivity contribution in [2.45, 2.75) is 34.9 Å². The van der Waals surface area contributed by atoms with Gasteiger partial charge in [0.25, 0.3) is 11.8 Å². The van der Waals surface area contributed by atoms with Gasteiger partial charge in [-0.3, -0.25) is 24.5 Å². The third-order valence-electron chi connectivity index (χ3n) is 6.75. The largest absolute Gasteiger partial charge is 0.387 e. The number of carbonyl (C=O) groups excluding carboxylic acids is 4. The Balaban J connectivity index is 1.58. The second kappa shape index (κ2) is 9.07. The molecule has 2 aliphatic heterocycles. The average Bonchev–Trinajstić information content (AvgIpc) is 3.17. The number of rotatable bonds is 5. The molecule has 2 aromatic carbocycles. The number of carbonyl (C=O) groups is 4. The van der Waals surface area contributed by atoms with Gasteiger partial charge < -0.3 is 9.71 Å². The molecule has 7 nitrogen and oxygen atoms in total. The van der Waals surface area contributed by atoms with Gasteiger partial charge in [0.15, 0.2) is 0 Å². The first-order valence-corrected chi connectivity index (χ1v) is 11.3. The smallest absolute Gasteiger partial charge is 0.348 e. The van der Waals surface area contributed by atoms with Crippen LogP contribution in [-0.4, -0.2) is 86.0 Å². The summed E-state index contributed by atoms with van der Waals surface area (Å²) in [6, 6.07) is 8.54. The first-order valence-electron chi connectivity index (χ1n) is 10.9. The van der Waals surface area contributed by atoms with Gasteiger partial charge in [-0.25, -0.2) is 0 Å². The molecule has 1 saturated heterocycles. The van der Waals surface area contributed by atoms with E-state index in [1.807, 2.05) is 5.32 Å². The minimum absolute atomic E-state index is 0.0695. The number of fused-ring (bicyclic) bond motifs is 1. The maximum absolute atomic E-state index is 14.7. The lowest BCUT2D eigenvalue weighted by Crippen LogP contribution is -2.75. The first-order chi connectivity index (χ1) is 17.5. The van der Waals surface area contributed by atoms with Crippen molar-refractivity contribution >= 4 is 82.4 Å². The minimum Gasteiger partial charge on any atom is -0.387 e. The molecular formula is C22H12B6ClF2N3O4. The molecule has 4 rings (SSSR count). The van der Waals surface area contributed by atoms with Crippen LogP contribution in [0.3, 0.4) is 0 Å². The molecule has 4 amide bonds. The fourth-order valence-electron chi connectivity index (χ4n) is 4.33. The van der Waals surface area contributed by atoms with E-state index in [0.717, 1.165) is 17.0 Å². The Morgan fingerprint density at radius 2 is 1.63 bits per heavy atom. The summed E-state index contributed by atoms with van der Waals surface area (Å²) < 4.78 is 29.4. The number of hydrogen-bond acceptors (Lipinski definition) is 4. The summed E-state index contributed by atoms with van der Waals surface area (Å²) >= 11 is 5.72. The molecular weight excluding hydrogens is 509 g/mol. The summed E-state index contributed by atoms with van der Waals surface area (Å²) in [6.45, 7) is -0.801. The van der Waals surface area contributed by atoms with E-state index in [-0.39, 0.29) is 28.3 Å².